The van der Waals surface area contributed by atoms with E-state index in [1.807, 2.05) is 202 Å². The molecule has 2 heterocycles. The van der Waals surface area contributed by atoms with Crippen molar-refractivity contribution >= 4 is 118 Å². The van der Waals surface area contributed by atoms with Gasteiger partial charge in [0.05, 0.1) is 24.7 Å². The van der Waals surface area contributed by atoms with Crippen molar-refractivity contribution in [1.82, 2.24) is 0 Å². The Morgan fingerprint density at radius 2 is 0.890 bits per heavy atom. The van der Waals surface area contributed by atoms with Gasteiger partial charge in [0.2, 0.25) is 11.5 Å². The van der Waals surface area contributed by atoms with Crippen molar-refractivity contribution in [2.24, 2.45) is 0 Å². The third-order valence-electron chi connectivity index (χ3n) is 13.4. The Labute approximate surface area is 447 Å². The zero-order valence-electron chi connectivity index (χ0n) is 39.4. The number of halogens is 2. The maximum absolute atomic E-state index is 15.5. The predicted molar refractivity (Wildman–Crippen MR) is 302 cm³/mol. The van der Waals surface area contributed by atoms with Gasteiger partial charge in [0.25, 0.3) is 0 Å². The van der Waals surface area contributed by atoms with E-state index < -0.39 is 23.7 Å². The summed E-state index contributed by atoms with van der Waals surface area (Å²) in [6, 6.07) is 59.5. The number of rotatable bonds is 11. The number of ether oxygens (including phenoxy) is 2. The van der Waals surface area contributed by atoms with Gasteiger partial charge < -0.3 is 18.3 Å². The lowest BCUT2D eigenvalue weighted by molar-refractivity contribution is -0.147. The number of hydrogen-bond acceptors (Lipinski definition) is 8. The van der Waals surface area contributed by atoms with Crippen LogP contribution in [0.1, 0.15) is 69.0 Å². The quantitative estimate of drug-likeness (QED) is 0.0714. The van der Waals surface area contributed by atoms with Crippen molar-refractivity contribution in [1.29, 1.82) is 0 Å². The number of fused-ring (bicyclic) bond motifs is 8. The Kier molecular flexibility index (Phi) is 13.1. The normalized spacial score (nSPS) is 13.1. The molecule has 73 heavy (non-hydrogen) atoms. The van der Waals surface area contributed by atoms with E-state index in [-0.39, 0.29) is 42.4 Å². The van der Waals surface area contributed by atoms with Gasteiger partial charge in [-0.25, -0.2) is 4.90 Å². The molecule has 1 aromatic heterocycles. The first kappa shape index (κ1) is 47.7. The van der Waals surface area contributed by atoms with Gasteiger partial charge in [-0.15, -0.1) is 0 Å². The standard InChI is InChI=1S/C62H43I2NO8/c1-36(40-18-5-3-6-19-40)61(68)70-34-38-16-13-24-42(30-38)48-28-15-29-49(43-25-14-17-39(31-43)35-71-62(69)37(2)41-20-7-4-8-21-41)54(48)65-59(66)57-58(60(65)67)73-56-51(64)33-45-23-10-12-27-47(45)53(56)52-46-26-11-9-22-44(46)32-50(63)55(52)72-57/h3-33,36-37H,34-35H2,1-2H3/t36-,37-/m1/s1. The van der Waals surface area contributed by atoms with Crippen LogP contribution in [-0.4, -0.2) is 23.8 Å². The largest absolute Gasteiger partial charge is 0.460 e. The first-order valence-electron chi connectivity index (χ1n) is 23.7. The van der Waals surface area contributed by atoms with E-state index in [1.54, 1.807) is 0 Å². The Morgan fingerprint density at radius 3 is 1.33 bits per heavy atom. The van der Waals surface area contributed by atoms with Crippen molar-refractivity contribution < 1.29 is 37.5 Å². The van der Waals surface area contributed by atoms with Crippen LogP contribution in [0.4, 0.5) is 5.69 Å². The fraction of sp³-hybridized carbons (Fsp3) is 0.0968. The second kappa shape index (κ2) is 20.1. The summed E-state index contributed by atoms with van der Waals surface area (Å²) in [6.45, 7) is 3.60. The van der Waals surface area contributed by atoms with E-state index in [9.17, 15) is 9.59 Å². The number of esters is 2. The van der Waals surface area contributed by atoms with Crippen LogP contribution >= 0.6 is 45.2 Å². The maximum Gasteiger partial charge on any atom is 0.313 e. The van der Waals surface area contributed by atoms with Crippen LogP contribution in [0.2, 0.25) is 0 Å². The molecule has 0 spiro atoms. The van der Waals surface area contributed by atoms with E-state index in [1.165, 1.54) is 0 Å². The van der Waals surface area contributed by atoms with Crippen LogP contribution in [0.5, 0.6) is 0 Å². The molecule has 1 aliphatic heterocycles. The van der Waals surface area contributed by atoms with Crippen LogP contribution < -0.4 is 4.90 Å². The zero-order valence-corrected chi connectivity index (χ0v) is 43.8. The minimum atomic E-state index is -0.720. The number of para-hydroxylation sites is 1. The van der Waals surface area contributed by atoms with Gasteiger partial charge in [0.1, 0.15) is 24.4 Å². The highest BCUT2D eigenvalue weighted by Crippen LogP contribution is 2.46. The molecule has 9 aromatic carbocycles. The number of nitrogens with zero attached hydrogens (tertiary/aromatic N) is 1. The molecule has 0 fully saturated rings. The molecule has 358 valence electrons. The highest BCUT2D eigenvalue weighted by molar-refractivity contribution is 14.1. The molecule has 2 amide bonds. The third kappa shape index (κ3) is 9.05. The molecule has 0 aliphatic carbocycles. The molecular formula is C62H43I2NO8. The fourth-order valence-electron chi connectivity index (χ4n) is 9.58. The first-order valence-corrected chi connectivity index (χ1v) is 25.9. The highest BCUT2D eigenvalue weighted by atomic mass is 127. The van der Waals surface area contributed by atoms with Gasteiger partial charge in [-0.3, -0.25) is 19.2 Å². The minimum Gasteiger partial charge on any atom is -0.460 e. The Hall–Kier alpha value is -7.62. The summed E-state index contributed by atoms with van der Waals surface area (Å²) >= 11 is 4.48. The average Bonchev–Trinajstić information content (AvgIpc) is 3.64. The summed E-state index contributed by atoms with van der Waals surface area (Å²) in [5.41, 5.74) is 6.60. The van der Waals surface area contributed by atoms with Crippen LogP contribution in [0, 0.1) is 7.14 Å². The number of carbonyl (C=O) groups is 4. The van der Waals surface area contributed by atoms with Crippen molar-refractivity contribution in [3.63, 3.8) is 0 Å². The molecule has 0 saturated heterocycles. The topological polar surface area (TPSA) is 116 Å². The number of anilines is 1. The Morgan fingerprint density at radius 1 is 0.493 bits per heavy atom. The lowest BCUT2D eigenvalue weighted by Gasteiger charge is -2.22. The molecule has 11 rings (SSSR count). The van der Waals surface area contributed by atoms with E-state index in [2.05, 4.69) is 45.2 Å². The van der Waals surface area contributed by atoms with Gasteiger partial charge in [-0.1, -0.05) is 164 Å². The molecular weight excluding hydrogens is 1140 g/mol. The predicted octanol–water partition coefficient (Wildman–Crippen LogP) is 15.6. The summed E-state index contributed by atoms with van der Waals surface area (Å²) in [5, 5.41) is 5.20. The lowest BCUT2D eigenvalue weighted by Crippen LogP contribution is -2.30. The number of imide groups is 1. The Bertz CT molecular complexity index is 3670. The number of carbonyl (C=O) groups excluding carboxylic acids is 4. The average molecular weight is 1180 g/mol. The second-order valence-corrected chi connectivity index (χ2v) is 20.3. The maximum atomic E-state index is 15.5. The van der Waals surface area contributed by atoms with Crippen LogP contribution in [0.3, 0.4) is 0 Å². The molecule has 2 atom stereocenters. The SMILES string of the molecule is C[C@@H](C(=O)OCc1cccc(-c2cccc(-c3cccc(COC(=O)[C@H](C)c4ccccc4)c3)c2N2C(=O)c3oc4c(I)cc5ccccc5c4c4c(oc3C2=O)c(I)cc2ccccc24)c1)c1ccccc1. The van der Waals surface area contributed by atoms with Gasteiger partial charge >= 0.3 is 23.8 Å². The van der Waals surface area contributed by atoms with Gasteiger partial charge in [0, 0.05) is 21.9 Å². The fourth-order valence-corrected chi connectivity index (χ4v) is 11.0. The zero-order chi connectivity index (χ0) is 50.3. The minimum absolute atomic E-state index is 0.0128. The monoisotopic (exact) mass is 1180 g/mol. The Balaban J connectivity index is 1.07. The molecule has 0 N–H and O–H groups in total. The van der Waals surface area contributed by atoms with Crippen molar-refractivity contribution in [2.45, 2.75) is 38.9 Å². The van der Waals surface area contributed by atoms with Gasteiger partial charge in [0.15, 0.2) is 0 Å². The van der Waals surface area contributed by atoms with Crippen LogP contribution in [0.25, 0.3) is 65.7 Å². The van der Waals surface area contributed by atoms with Gasteiger partial charge in [-0.2, -0.15) is 0 Å². The smallest absolute Gasteiger partial charge is 0.313 e. The molecule has 0 radical (unpaired) electrons. The summed E-state index contributed by atoms with van der Waals surface area (Å²) in [5.74, 6) is -3.65. The molecule has 1 aliphatic rings. The summed E-state index contributed by atoms with van der Waals surface area (Å²) in [4.78, 5) is 58.9. The molecule has 0 bridgehead atoms. The summed E-state index contributed by atoms with van der Waals surface area (Å²) in [7, 11) is 0. The second-order valence-electron chi connectivity index (χ2n) is 18.0. The number of amides is 2. The molecule has 10 aromatic rings. The molecule has 9 nitrogen and oxygen atoms in total. The van der Waals surface area contributed by atoms with Crippen molar-refractivity contribution in [2.75, 3.05) is 4.90 Å². The molecule has 0 saturated carbocycles. The molecule has 0 unspecified atom stereocenters. The molecule has 11 heteroatoms. The van der Waals surface area contributed by atoms with E-state index in [4.69, 9.17) is 18.3 Å². The third-order valence-corrected chi connectivity index (χ3v) is 15.0. The van der Waals surface area contributed by atoms with Crippen molar-refractivity contribution in [3.8, 4) is 22.3 Å². The summed E-state index contributed by atoms with van der Waals surface area (Å²) < 4.78 is 26.9. The summed E-state index contributed by atoms with van der Waals surface area (Å²) in [6.07, 6.45) is 0. The lowest BCUT2D eigenvalue weighted by atomic mass is 9.93. The van der Waals surface area contributed by atoms with Crippen molar-refractivity contribution in [3.05, 3.63) is 229 Å². The number of benzene rings is 9. The van der Waals surface area contributed by atoms with Crippen LogP contribution in [0.15, 0.2) is 197 Å². The first-order chi connectivity index (χ1) is 35.5. The number of hydrogen-bond donors (Lipinski definition) is 0. The highest BCUT2D eigenvalue weighted by Gasteiger charge is 2.44. The van der Waals surface area contributed by atoms with E-state index in [0.717, 1.165) is 55.5 Å². The van der Waals surface area contributed by atoms with Crippen LogP contribution in [-0.2, 0) is 32.3 Å². The van der Waals surface area contributed by atoms with Gasteiger partial charge in [-0.05, 0) is 138 Å². The van der Waals surface area contributed by atoms with E-state index >= 15 is 9.59 Å². The van der Waals surface area contributed by atoms with E-state index in [0.29, 0.717) is 44.5 Å².